The zero-order chi connectivity index (χ0) is 24.3. The van der Waals surface area contributed by atoms with Gasteiger partial charge in [0.15, 0.2) is 0 Å². The smallest absolute Gasteiger partial charge is 0.420 e. The lowest BCUT2D eigenvalue weighted by molar-refractivity contribution is -0.00660. The molecule has 0 bridgehead atoms. The molecule has 0 aliphatic carbocycles. The number of aryl methyl sites for hydroxylation is 1. The number of carbonyl (C=O) groups excluding carboxylic acids is 2. The molecule has 0 fully saturated rings. The number of imide groups is 1. The Balaban J connectivity index is 3.26. The zero-order valence-corrected chi connectivity index (χ0v) is 21.3. The second-order valence-electron chi connectivity index (χ2n) is 10.8. The molecule has 2 amide bonds. The van der Waals surface area contributed by atoms with Gasteiger partial charge in [-0.25, -0.2) is 14.5 Å². The highest BCUT2D eigenvalue weighted by Crippen LogP contribution is 2.31. The predicted octanol–water partition coefficient (Wildman–Crippen LogP) is 6.07. The number of aromatic nitrogens is 1. The molecule has 2 atom stereocenters. The first kappa shape index (κ1) is 26.9. The molecule has 0 aromatic carbocycles. The molecule has 0 radical (unpaired) electrons. The van der Waals surface area contributed by atoms with Crippen molar-refractivity contribution < 1.29 is 19.1 Å². The molecule has 31 heavy (non-hydrogen) atoms. The third-order valence-corrected chi connectivity index (χ3v) is 5.40. The maximum Gasteiger partial charge on any atom is 0.420 e. The Kier molecular flexibility index (Phi) is 8.63. The number of nitrogens with two attached hydrogens (primary N) is 1. The minimum Gasteiger partial charge on any atom is -0.443 e. The van der Waals surface area contributed by atoms with E-state index in [9.17, 15) is 9.59 Å². The van der Waals surface area contributed by atoms with Crippen molar-refractivity contribution in [2.45, 2.75) is 99.3 Å². The molecular formula is C24H43N3O4. The summed E-state index contributed by atoms with van der Waals surface area (Å²) < 4.78 is 12.8. The topological polar surface area (TPSA) is 86.8 Å². The van der Waals surface area contributed by atoms with Crippen LogP contribution in [0.25, 0.3) is 0 Å². The van der Waals surface area contributed by atoms with Crippen molar-refractivity contribution in [3.8, 4) is 0 Å². The van der Waals surface area contributed by atoms with Gasteiger partial charge < -0.3 is 19.8 Å². The highest BCUT2D eigenvalue weighted by Gasteiger charge is 2.36. The standard InChI is InChI=1S/C24H43N3O4/c1-15(2)16(3)12-13-18-14-19(26(11)20(18)25)17(4)27(21(28)30-23(5,6)7)22(29)31-24(8,9)10/h14-17H,12-13,25H2,1-11H3/t16?,17-/m0/s1. The molecule has 178 valence electrons. The van der Waals surface area contributed by atoms with Crippen molar-refractivity contribution in [2.75, 3.05) is 5.73 Å². The molecule has 1 heterocycles. The number of nitrogen functional groups attached to an aromatic ring is 1. The monoisotopic (exact) mass is 437 g/mol. The van der Waals surface area contributed by atoms with Crippen LogP contribution in [0.1, 0.15) is 93.0 Å². The van der Waals surface area contributed by atoms with Gasteiger partial charge in [0.25, 0.3) is 0 Å². The van der Waals surface area contributed by atoms with E-state index in [1.54, 1.807) is 48.5 Å². The molecule has 1 aromatic heterocycles. The third-order valence-electron chi connectivity index (χ3n) is 5.40. The number of amides is 2. The number of rotatable bonds is 6. The van der Waals surface area contributed by atoms with Crippen molar-refractivity contribution in [1.82, 2.24) is 9.47 Å². The van der Waals surface area contributed by atoms with Crippen LogP contribution >= 0.6 is 0 Å². The summed E-state index contributed by atoms with van der Waals surface area (Å²) in [6.45, 7) is 19.0. The molecule has 0 spiro atoms. The minimum absolute atomic E-state index is 0.570. The van der Waals surface area contributed by atoms with Gasteiger partial charge in [-0.3, -0.25) is 0 Å². The molecule has 1 aromatic rings. The number of anilines is 1. The van der Waals surface area contributed by atoms with Crippen LogP contribution in [0.2, 0.25) is 0 Å². The van der Waals surface area contributed by atoms with E-state index in [1.807, 2.05) is 17.7 Å². The lowest BCUT2D eigenvalue weighted by atomic mass is 9.92. The number of hydrogen-bond acceptors (Lipinski definition) is 5. The Morgan fingerprint density at radius 3 is 1.84 bits per heavy atom. The zero-order valence-electron chi connectivity index (χ0n) is 21.3. The summed E-state index contributed by atoms with van der Waals surface area (Å²) in [6.07, 6.45) is 0.361. The highest BCUT2D eigenvalue weighted by atomic mass is 16.6. The summed E-state index contributed by atoms with van der Waals surface area (Å²) in [6, 6.07) is 1.36. The maximum absolute atomic E-state index is 13.0. The van der Waals surface area contributed by atoms with Crippen LogP contribution in [0.3, 0.4) is 0 Å². The molecule has 1 unspecified atom stereocenters. The molecular weight excluding hydrogens is 394 g/mol. The second-order valence-corrected chi connectivity index (χ2v) is 10.8. The molecule has 0 aliphatic heterocycles. The maximum atomic E-state index is 13.0. The van der Waals surface area contributed by atoms with Gasteiger partial charge >= 0.3 is 12.2 Å². The fraction of sp³-hybridized carbons (Fsp3) is 0.750. The fourth-order valence-electron chi connectivity index (χ4n) is 3.17. The largest absolute Gasteiger partial charge is 0.443 e. The van der Waals surface area contributed by atoms with Crippen LogP contribution in [0.4, 0.5) is 15.4 Å². The Morgan fingerprint density at radius 1 is 1.00 bits per heavy atom. The van der Waals surface area contributed by atoms with Gasteiger partial charge in [0.2, 0.25) is 0 Å². The van der Waals surface area contributed by atoms with Crippen molar-refractivity contribution in [3.05, 3.63) is 17.3 Å². The van der Waals surface area contributed by atoms with Crippen LogP contribution < -0.4 is 5.73 Å². The lowest BCUT2D eigenvalue weighted by Gasteiger charge is -2.32. The number of hydrogen-bond donors (Lipinski definition) is 1. The minimum atomic E-state index is -0.748. The predicted molar refractivity (Wildman–Crippen MR) is 125 cm³/mol. The first-order valence-electron chi connectivity index (χ1n) is 11.1. The van der Waals surface area contributed by atoms with Crippen LogP contribution in [0.15, 0.2) is 6.07 Å². The van der Waals surface area contributed by atoms with Gasteiger partial charge in [-0.1, -0.05) is 20.8 Å². The van der Waals surface area contributed by atoms with Gasteiger partial charge in [0.1, 0.15) is 17.0 Å². The quantitative estimate of drug-likeness (QED) is 0.584. The van der Waals surface area contributed by atoms with E-state index >= 15 is 0 Å². The molecule has 7 nitrogen and oxygen atoms in total. The van der Waals surface area contributed by atoms with Gasteiger partial charge in [0.05, 0.1) is 6.04 Å². The summed E-state index contributed by atoms with van der Waals surface area (Å²) in [5.74, 6) is 1.81. The van der Waals surface area contributed by atoms with E-state index in [4.69, 9.17) is 15.2 Å². The van der Waals surface area contributed by atoms with Crippen LogP contribution in [-0.4, -0.2) is 32.9 Å². The van der Waals surface area contributed by atoms with Crippen molar-refractivity contribution in [3.63, 3.8) is 0 Å². The van der Waals surface area contributed by atoms with Crippen LogP contribution in [0, 0.1) is 11.8 Å². The Labute approximate surface area is 188 Å². The van der Waals surface area contributed by atoms with Gasteiger partial charge in [0, 0.05) is 12.7 Å². The van der Waals surface area contributed by atoms with E-state index in [2.05, 4.69) is 20.8 Å². The van der Waals surface area contributed by atoms with Crippen LogP contribution in [0.5, 0.6) is 0 Å². The Morgan fingerprint density at radius 2 is 1.45 bits per heavy atom. The van der Waals surface area contributed by atoms with Crippen molar-refractivity contribution in [1.29, 1.82) is 0 Å². The summed E-state index contributed by atoms with van der Waals surface area (Å²) in [5, 5.41) is 0. The number of carbonyl (C=O) groups is 2. The molecule has 7 heteroatoms. The number of nitrogens with zero attached hydrogens (tertiary/aromatic N) is 2. The van der Waals surface area contributed by atoms with Gasteiger partial charge in [-0.2, -0.15) is 0 Å². The lowest BCUT2D eigenvalue weighted by Crippen LogP contribution is -2.45. The van der Waals surface area contributed by atoms with E-state index in [0.717, 1.165) is 29.0 Å². The summed E-state index contributed by atoms with van der Waals surface area (Å²) >= 11 is 0. The SMILES string of the molecule is CC(C)C(C)CCc1cc([C@H](C)N(C(=O)OC(C)(C)C)C(=O)OC(C)(C)C)n(C)c1N. The van der Waals surface area contributed by atoms with Gasteiger partial charge in [-0.05, 0) is 84.8 Å². The van der Waals surface area contributed by atoms with E-state index in [0.29, 0.717) is 17.7 Å². The van der Waals surface area contributed by atoms with Crippen molar-refractivity contribution in [2.24, 2.45) is 18.9 Å². The Hall–Kier alpha value is -2.18. The molecule has 2 N–H and O–H groups in total. The van der Waals surface area contributed by atoms with Crippen molar-refractivity contribution >= 4 is 18.0 Å². The molecule has 0 saturated heterocycles. The highest BCUT2D eigenvalue weighted by molar-refractivity contribution is 5.88. The fourth-order valence-corrected chi connectivity index (χ4v) is 3.17. The summed E-state index contributed by atoms with van der Waals surface area (Å²) in [5.41, 5.74) is 6.65. The number of ether oxygens (including phenoxy) is 2. The molecule has 0 aliphatic rings. The van der Waals surface area contributed by atoms with E-state index < -0.39 is 29.4 Å². The summed E-state index contributed by atoms with van der Waals surface area (Å²) in [7, 11) is 1.85. The van der Waals surface area contributed by atoms with Crippen LogP contribution in [-0.2, 0) is 22.9 Å². The normalized spacial score (nSPS) is 14.3. The average Bonchev–Trinajstić information content (AvgIpc) is 2.84. The first-order valence-corrected chi connectivity index (χ1v) is 11.1. The Bertz CT molecular complexity index is 741. The van der Waals surface area contributed by atoms with E-state index in [1.165, 1.54) is 0 Å². The average molecular weight is 438 g/mol. The molecule has 0 saturated carbocycles. The third kappa shape index (κ3) is 7.78. The first-order chi connectivity index (χ1) is 13.9. The second kappa shape index (κ2) is 9.96. The summed E-state index contributed by atoms with van der Waals surface area (Å²) in [4.78, 5) is 26.9. The van der Waals surface area contributed by atoms with E-state index in [-0.39, 0.29) is 0 Å². The molecule has 1 rings (SSSR count). The van der Waals surface area contributed by atoms with Gasteiger partial charge in [-0.15, -0.1) is 0 Å².